The summed E-state index contributed by atoms with van der Waals surface area (Å²) in [6.45, 7) is 0.694. The lowest BCUT2D eigenvalue weighted by atomic mass is 9.90. The first-order valence-electron chi connectivity index (χ1n) is 9.02. The molecule has 0 amide bonds. The number of ether oxygens (including phenoxy) is 1. The molecule has 3 nitrogen and oxygen atoms in total. The summed E-state index contributed by atoms with van der Waals surface area (Å²) in [6, 6.07) is 24.7. The minimum atomic E-state index is -0.295. The van der Waals surface area contributed by atoms with Gasteiger partial charge in [0.15, 0.2) is 0 Å². The van der Waals surface area contributed by atoms with E-state index in [0.29, 0.717) is 12.1 Å². The first kappa shape index (κ1) is 17.1. The number of benzene rings is 3. The fraction of sp³-hybridized carbons (Fsp3) is 0.125. The van der Waals surface area contributed by atoms with Crippen molar-refractivity contribution >= 4 is 16.7 Å². The molecule has 134 valence electrons. The molecule has 0 aliphatic carbocycles. The largest absolute Gasteiger partial charge is 0.466 e. The Morgan fingerprint density at radius 1 is 0.963 bits per heavy atom. The van der Waals surface area contributed by atoms with Crippen molar-refractivity contribution in [2.24, 2.45) is 0 Å². The third kappa shape index (κ3) is 3.49. The van der Waals surface area contributed by atoms with Crippen molar-refractivity contribution in [3.05, 3.63) is 108 Å². The molecule has 0 saturated carbocycles. The SMILES string of the molecule is COC(=O)C1=CN(Cc2cccc3ccccc23)C=CC1c1ccccc1. The van der Waals surface area contributed by atoms with Crippen LogP contribution in [0.2, 0.25) is 0 Å². The Labute approximate surface area is 159 Å². The van der Waals surface area contributed by atoms with Crippen LogP contribution in [0.4, 0.5) is 0 Å². The molecule has 0 radical (unpaired) electrons. The molecule has 0 saturated heterocycles. The van der Waals surface area contributed by atoms with Crippen molar-refractivity contribution in [1.29, 1.82) is 0 Å². The second-order valence-electron chi connectivity index (χ2n) is 6.62. The van der Waals surface area contributed by atoms with Gasteiger partial charge in [0.05, 0.1) is 12.7 Å². The quantitative estimate of drug-likeness (QED) is 0.616. The molecule has 3 aromatic rings. The lowest BCUT2D eigenvalue weighted by Gasteiger charge is -2.26. The van der Waals surface area contributed by atoms with Gasteiger partial charge in [0.1, 0.15) is 0 Å². The Bertz CT molecular complexity index is 1020. The highest BCUT2D eigenvalue weighted by Crippen LogP contribution is 2.31. The van der Waals surface area contributed by atoms with Crippen molar-refractivity contribution in [3.63, 3.8) is 0 Å². The van der Waals surface area contributed by atoms with Gasteiger partial charge in [0.25, 0.3) is 0 Å². The van der Waals surface area contributed by atoms with Crippen LogP contribution in [0.1, 0.15) is 17.0 Å². The molecule has 0 fully saturated rings. The van der Waals surface area contributed by atoms with E-state index in [4.69, 9.17) is 4.74 Å². The molecule has 4 rings (SSSR count). The molecule has 1 aliphatic heterocycles. The van der Waals surface area contributed by atoms with E-state index in [1.165, 1.54) is 23.4 Å². The second-order valence-corrected chi connectivity index (χ2v) is 6.62. The van der Waals surface area contributed by atoms with Crippen LogP contribution in [-0.2, 0) is 16.1 Å². The van der Waals surface area contributed by atoms with Gasteiger partial charge in [-0.05, 0) is 21.9 Å². The maximum atomic E-state index is 12.4. The van der Waals surface area contributed by atoms with Crippen LogP contribution in [0, 0.1) is 0 Å². The molecule has 27 heavy (non-hydrogen) atoms. The Kier molecular flexibility index (Phi) is 4.75. The van der Waals surface area contributed by atoms with Crippen LogP contribution in [0.3, 0.4) is 0 Å². The molecule has 0 aromatic heterocycles. The molecule has 1 heterocycles. The van der Waals surface area contributed by atoms with Gasteiger partial charge in [-0.25, -0.2) is 4.79 Å². The predicted molar refractivity (Wildman–Crippen MR) is 108 cm³/mol. The number of allylic oxidation sites excluding steroid dienone is 1. The summed E-state index contributed by atoms with van der Waals surface area (Å²) in [4.78, 5) is 14.5. The van der Waals surface area contributed by atoms with Crippen molar-refractivity contribution < 1.29 is 9.53 Å². The fourth-order valence-electron chi connectivity index (χ4n) is 3.58. The Morgan fingerprint density at radius 2 is 1.70 bits per heavy atom. The molecular formula is C24H21NO2. The number of hydrogen-bond acceptors (Lipinski definition) is 3. The number of carbonyl (C=O) groups excluding carboxylic acids is 1. The molecule has 1 unspecified atom stereocenters. The van der Waals surface area contributed by atoms with E-state index >= 15 is 0 Å². The topological polar surface area (TPSA) is 29.5 Å². The van der Waals surface area contributed by atoms with E-state index in [1.54, 1.807) is 0 Å². The standard InChI is InChI=1S/C24H21NO2/c1-27-24(26)23-17-25(15-14-22(23)19-8-3-2-4-9-19)16-20-12-7-11-18-10-5-6-13-21(18)20/h2-15,17,22H,16H2,1H3. The van der Waals surface area contributed by atoms with Gasteiger partial charge in [-0.15, -0.1) is 0 Å². The molecule has 3 aromatic carbocycles. The molecular weight excluding hydrogens is 334 g/mol. The number of carbonyl (C=O) groups is 1. The van der Waals surface area contributed by atoms with Gasteiger partial charge < -0.3 is 9.64 Å². The lowest BCUT2D eigenvalue weighted by Crippen LogP contribution is -2.22. The molecule has 1 atom stereocenters. The molecule has 0 N–H and O–H groups in total. The Balaban J connectivity index is 1.66. The van der Waals surface area contributed by atoms with Gasteiger partial charge in [-0.2, -0.15) is 0 Å². The monoisotopic (exact) mass is 355 g/mol. The van der Waals surface area contributed by atoms with Gasteiger partial charge in [-0.3, -0.25) is 0 Å². The van der Waals surface area contributed by atoms with Gasteiger partial charge in [-0.1, -0.05) is 78.9 Å². The highest BCUT2D eigenvalue weighted by atomic mass is 16.5. The van der Waals surface area contributed by atoms with Gasteiger partial charge in [0, 0.05) is 24.9 Å². The predicted octanol–water partition coefficient (Wildman–Crippen LogP) is 5.01. The Hall–Kier alpha value is -3.33. The summed E-state index contributed by atoms with van der Waals surface area (Å²) in [5, 5.41) is 2.45. The van der Waals surface area contributed by atoms with E-state index in [-0.39, 0.29) is 11.9 Å². The minimum Gasteiger partial charge on any atom is -0.466 e. The highest BCUT2D eigenvalue weighted by Gasteiger charge is 2.25. The van der Waals surface area contributed by atoms with Crippen LogP contribution in [0.15, 0.2) is 96.8 Å². The van der Waals surface area contributed by atoms with Crippen LogP contribution < -0.4 is 0 Å². The summed E-state index contributed by atoms with van der Waals surface area (Å²) in [6.07, 6.45) is 6.02. The highest BCUT2D eigenvalue weighted by molar-refractivity contribution is 5.91. The molecule has 0 spiro atoms. The van der Waals surface area contributed by atoms with Crippen molar-refractivity contribution in [3.8, 4) is 0 Å². The average Bonchev–Trinajstić information content (AvgIpc) is 2.74. The Morgan fingerprint density at radius 3 is 2.52 bits per heavy atom. The van der Waals surface area contributed by atoms with E-state index < -0.39 is 0 Å². The minimum absolute atomic E-state index is 0.0950. The molecule has 0 bridgehead atoms. The van der Waals surface area contributed by atoms with Crippen LogP contribution in [0.5, 0.6) is 0 Å². The first-order chi connectivity index (χ1) is 13.3. The number of rotatable bonds is 4. The summed E-state index contributed by atoms with van der Waals surface area (Å²) >= 11 is 0. The van der Waals surface area contributed by atoms with Gasteiger partial charge >= 0.3 is 5.97 Å². The average molecular weight is 355 g/mol. The van der Waals surface area contributed by atoms with Crippen molar-refractivity contribution in [1.82, 2.24) is 4.90 Å². The second kappa shape index (κ2) is 7.50. The maximum absolute atomic E-state index is 12.4. The van der Waals surface area contributed by atoms with Crippen molar-refractivity contribution in [2.75, 3.05) is 7.11 Å². The zero-order valence-electron chi connectivity index (χ0n) is 15.2. The number of nitrogens with zero attached hydrogens (tertiary/aromatic N) is 1. The zero-order valence-corrected chi connectivity index (χ0v) is 15.2. The van der Waals surface area contributed by atoms with Gasteiger partial charge in [0.2, 0.25) is 0 Å². The summed E-state index contributed by atoms with van der Waals surface area (Å²) in [5.41, 5.74) is 2.94. The van der Waals surface area contributed by atoms with Crippen LogP contribution in [0.25, 0.3) is 10.8 Å². The molecule has 1 aliphatic rings. The zero-order chi connectivity index (χ0) is 18.6. The number of fused-ring (bicyclic) bond motifs is 1. The van der Waals surface area contributed by atoms with Crippen molar-refractivity contribution in [2.45, 2.75) is 12.5 Å². The van der Waals surface area contributed by atoms with E-state index in [1.807, 2.05) is 53.7 Å². The van der Waals surface area contributed by atoms with E-state index in [0.717, 1.165) is 5.56 Å². The summed E-state index contributed by atoms with van der Waals surface area (Å²) in [5.74, 6) is -0.390. The van der Waals surface area contributed by atoms with E-state index in [2.05, 4.69) is 42.5 Å². The normalized spacial score (nSPS) is 16.3. The third-order valence-electron chi connectivity index (χ3n) is 4.92. The fourth-order valence-corrected chi connectivity index (χ4v) is 3.58. The molecule has 3 heteroatoms. The van der Waals surface area contributed by atoms with Crippen LogP contribution >= 0.6 is 0 Å². The number of esters is 1. The smallest absolute Gasteiger partial charge is 0.336 e. The summed E-state index contributed by atoms with van der Waals surface area (Å²) < 4.78 is 5.04. The maximum Gasteiger partial charge on any atom is 0.336 e. The number of hydrogen-bond donors (Lipinski definition) is 0. The lowest BCUT2D eigenvalue weighted by molar-refractivity contribution is -0.136. The first-order valence-corrected chi connectivity index (χ1v) is 9.02. The third-order valence-corrected chi connectivity index (χ3v) is 4.92. The summed E-state index contributed by atoms with van der Waals surface area (Å²) in [7, 11) is 1.43. The van der Waals surface area contributed by atoms with Crippen LogP contribution in [-0.4, -0.2) is 18.0 Å². The van der Waals surface area contributed by atoms with E-state index in [9.17, 15) is 4.79 Å². The number of methoxy groups -OCH3 is 1.